The van der Waals surface area contributed by atoms with Gasteiger partial charge < -0.3 is 4.74 Å². The average Bonchev–Trinajstić information content (AvgIpc) is 1.95. The SMILES string of the molecule is [CH2-][CH+]Oc1ccc(Br)cn1. The molecule has 0 bridgehead atoms. The summed E-state index contributed by atoms with van der Waals surface area (Å²) in [6, 6.07) is 3.61. The first kappa shape index (κ1) is 7.41. The van der Waals surface area contributed by atoms with Crippen molar-refractivity contribution < 1.29 is 4.74 Å². The molecule has 0 saturated carbocycles. The molecule has 1 heterocycles. The van der Waals surface area contributed by atoms with E-state index in [4.69, 9.17) is 4.74 Å². The van der Waals surface area contributed by atoms with Gasteiger partial charge in [0, 0.05) is 16.7 Å². The molecule has 2 nitrogen and oxygen atoms in total. The lowest BCUT2D eigenvalue weighted by Crippen LogP contribution is -1.87. The molecule has 1 aromatic rings. The highest BCUT2D eigenvalue weighted by Crippen LogP contribution is 2.12. The van der Waals surface area contributed by atoms with E-state index in [9.17, 15) is 0 Å². The van der Waals surface area contributed by atoms with Crippen LogP contribution in [0.1, 0.15) is 0 Å². The molecular formula is C7H6BrNO. The minimum absolute atomic E-state index is 0.554. The second-order valence-corrected chi connectivity index (χ2v) is 2.51. The molecular weight excluding hydrogens is 194 g/mol. The summed E-state index contributed by atoms with van der Waals surface area (Å²) in [7, 11) is 0. The zero-order valence-electron chi connectivity index (χ0n) is 5.25. The van der Waals surface area contributed by atoms with Crippen molar-refractivity contribution in [2.45, 2.75) is 0 Å². The summed E-state index contributed by atoms with van der Waals surface area (Å²) in [5.74, 6) is 0.554. The Labute approximate surface area is 68.4 Å². The lowest BCUT2D eigenvalue weighted by molar-refractivity contribution is 0.415. The minimum Gasteiger partial charge on any atom is -0.323 e. The first-order chi connectivity index (χ1) is 4.83. The molecule has 3 heteroatoms. The molecule has 1 rings (SSSR count). The molecule has 1 aromatic heterocycles. The zero-order valence-corrected chi connectivity index (χ0v) is 6.84. The van der Waals surface area contributed by atoms with Crippen molar-refractivity contribution in [2.24, 2.45) is 0 Å². The van der Waals surface area contributed by atoms with Crippen LogP contribution in [0.3, 0.4) is 0 Å². The Morgan fingerprint density at radius 1 is 1.60 bits per heavy atom. The van der Waals surface area contributed by atoms with Crippen LogP contribution >= 0.6 is 15.9 Å². The second-order valence-electron chi connectivity index (χ2n) is 1.60. The number of halogens is 1. The Hall–Kier alpha value is -0.700. The van der Waals surface area contributed by atoms with E-state index in [0.29, 0.717) is 5.88 Å². The van der Waals surface area contributed by atoms with E-state index in [1.807, 2.05) is 6.07 Å². The number of pyridine rings is 1. The summed E-state index contributed by atoms with van der Waals surface area (Å²) >= 11 is 3.25. The van der Waals surface area contributed by atoms with Crippen LogP contribution in [-0.2, 0) is 0 Å². The summed E-state index contributed by atoms with van der Waals surface area (Å²) in [6.45, 7) is 4.75. The van der Waals surface area contributed by atoms with Crippen LogP contribution in [0.25, 0.3) is 0 Å². The van der Waals surface area contributed by atoms with E-state index >= 15 is 0 Å². The number of ether oxygens (including phenoxy) is 1. The summed E-state index contributed by atoms with van der Waals surface area (Å²) in [5.41, 5.74) is 0. The molecule has 0 unspecified atom stereocenters. The fourth-order valence-electron chi connectivity index (χ4n) is 0.517. The van der Waals surface area contributed by atoms with Crippen LogP contribution in [0.5, 0.6) is 5.88 Å². The van der Waals surface area contributed by atoms with E-state index < -0.39 is 0 Å². The Balaban J connectivity index is 2.69. The van der Waals surface area contributed by atoms with E-state index in [-0.39, 0.29) is 0 Å². The number of hydrogen-bond acceptors (Lipinski definition) is 2. The third kappa shape index (κ3) is 1.92. The summed E-state index contributed by atoms with van der Waals surface area (Å²) < 4.78 is 5.83. The Bertz CT molecular complexity index is 197. The first-order valence-corrected chi connectivity index (χ1v) is 3.51. The number of hydrogen-bond donors (Lipinski definition) is 0. The fraction of sp³-hybridized carbons (Fsp3) is 0. The maximum absolute atomic E-state index is 4.89. The van der Waals surface area contributed by atoms with Gasteiger partial charge in [-0.25, -0.2) is 4.98 Å². The largest absolute Gasteiger partial charge is 0.323 e. The molecule has 0 amide bonds. The van der Waals surface area contributed by atoms with Gasteiger partial charge in [-0.3, -0.25) is 0 Å². The highest BCUT2D eigenvalue weighted by Gasteiger charge is 1.94. The Kier molecular flexibility index (Phi) is 2.57. The van der Waals surface area contributed by atoms with Crippen LogP contribution in [0.2, 0.25) is 0 Å². The van der Waals surface area contributed by atoms with Crippen molar-refractivity contribution in [3.8, 4) is 5.88 Å². The van der Waals surface area contributed by atoms with Gasteiger partial charge in [0.15, 0.2) is 0 Å². The highest BCUT2D eigenvalue weighted by atomic mass is 79.9. The smallest absolute Gasteiger partial charge is 0.269 e. The van der Waals surface area contributed by atoms with Gasteiger partial charge in [-0.15, -0.1) is 6.92 Å². The molecule has 0 aromatic carbocycles. The quantitative estimate of drug-likeness (QED) is 0.682. The van der Waals surface area contributed by atoms with Crippen LogP contribution in [0, 0.1) is 13.5 Å². The third-order valence-corrected chi connectivity index (χ3v) is 1.37. The zero-order chi connectivity index (χ0) is 7.40. The van der Waals surface area contributed by atoms with Gasteiger partial charge >= 0.3 is 0 Å². The topological polar surface area (TPSA) is 22.1 Å². The number of rotatable bonds is 2. The number of aromatic nitrogens is 1. The van der Waals surface area contributed by atoms with Crippen LogP contribution in [-0.4, -0.2) is 4.98 Å². The van der Waals surface area contributed by atoms with Crippen molar-refractivity contribution in [1.82, 2.24) is 4.98 Å². The highest BCUT2D eigenvalue weighted by molar-refractivity contribution is 9.10. The second kappa shape index (κ2) is 3.46. The monoisotopic (exact) mass is 199 g/mol. The lowest BCUT2D eigenvalue weighted by Gasteiger charge is -1.93. The van der Waals surface area contributed by atoms with Crippen molar-refractivity contribution in [2.75, 3.05) is 0 Å². The Morgan fingerprint density at radius 2 is 2.40 bits per heavy atom. The van der Waals surface area contributed by atoms with Crippen LogP contribution in [0.4, 0.5) is 0 Å². The maximum Gasteiger partial charge on any atom is 0.269 e. The summed E-state index contributed by atoms with van der Waals surface area (Å²) in [6.07, 6.45) is 1.67. The van der Waals surface area contributed by atoms with Crippen LogP contribution in [0.15, 0.2) is 22.8 Å². The van der Waals surface area contributed by atoms with Crippen LogP contribution < -0.4 is 4.74 Å². The van der Waals surface area contributed by atoms with E-state index in [1.165, 1.54) is 6.61 Å². The van der Waals surface area contributed by atoms with Gasteiger partial charge in [0.25, 0.3) is 5.88 Å². The molecule has 52 valence electrons. The van der Waals surface area contributed by atoms with Gasteiger partial charge in [0.2, 0.25) is 0 Å². The van der Waals surface area contributed by atoms with Gasteiger partial charge in [-0.2, -0.15) is 0 Å². The van der Waals surface area contributed by atoms with Gasteiger partial charge in [-0.05, 0) is 22.0 Å². The summed E-state index contributed by atoms with van der Waals surface area (Å²) in [4.78, 5) is 3.93. The molecule has 0 aliphatic carbocycles. The molecule has 0 N–H and O–H groups in total. The standard InChI is InChI=1S/C7H6BrNO/c1-2-10-7-4-3-6(8)5-9-7/h2-5H,1H2. The molecule has 0 fully saturated rings. The normalized spacial score (nSPS) is 9.00. The van der Waals surface area contributed by atoms with E-state index in [1.54, 1.807) is 12.3 Å². The van der Waals surface area contributed by atoms with Crippen molar-refractivity contribution in [3.63, 3.8) is 0 Å². The third-order valence-electron chi connectivity index (χ3n) is 0.904. The van der Waals surface area contributed by atoms with E-state index in [0.717, 1.165) is 4.47 Å². The molecule has 0 atom stereocenters. The van der Waals surface area contributed by atoms with E-state index in [2.05, 4.69) is 27.8 Å². The predicted molar refractivity (Wildman–Crippen MR) is 42.2 cm³/mol. The summed E-state index contributed by atoms with van der Waals surface area (Å²) in [5, 5.41) is 0. The first-order valence-electron chi connectivity index (χ1n) is 2.72. The van der Waals surface area contributed by atoms with Gasteiger partial charge in [0.1, 0.15) is 6.61 Å². The van der Waals surface area contributed by atoms with Gasteiger partial charge in [0.05, 0.1) is 0 Å². The average molecular weight is 200 g/mol. The van der Waals surface area contributed by atoms with Crippen molar-refractivity contribution in [1.29, 1.82) is 0 Å². The fourth-order valence-corrected chi connectivity index (χ4v) is 0.752. The molecule has 0 aliphatic heterocycles. The molecule has 0 aliphatic rings. The van der Waals surface area contributed by atoms with Gasteiger partial charge in [-0.1, -0.05) is 0 Å². The molecule has 10 heavy (non-hydrogen) atoms. The molecule has 0 spiro atoms. The number of nitrogens with zero attached hydrogens (tertiary/aromatic N) is 1. The maximum atomic E-state index is 4.89. The Morgan fingerprint density at radius 3 is 2.90 bits per heavy atom. The van der Waals surface area contributed by atoms with Crippen molar-refractivity contribution in [3.05, 3.63) is 36.3 Å². The molecule has 0 saturated heterocycles. The van der Waals surface area contributed by atoms with Crippen molar-refractivity contribution >= 4 is 15.9 Å². The lowest BCUT2D eigenvalue weighted by atomic mass is 10.5. The minimum atomic E-state index is 0.554. The molecule has 0 radical (unpaired) electrons. The predicted octanol–water partition coefficient (Wildman–Crippen LogP) is 2.22.